The van der Waals surface area contributed by atoms with Crippen molar-refractivity contribution in [1.82, 2.24) is 20.5 Å². The number of nitrogens with zero attached hydrogens (tertiary/aromatic N) is 3. The molecule has 7 nitrogen and oxygen atoms in total. The summed E-state index contributed by atoms with van der Waals surface area (Å²) in [5.74, 6) is -0.620. The lowest BCUT2D eigenvalue weighted by Gasteiger charge is -2.44. The number of nitrogens with one attached hydrogen (secondary N) is 2. The van der Waals surface area contributed by atoms with Crippen molar-refractivity contribution in [2.75, 3.05) is 18.9 Å². The second-order valence-corrected chi connectivity index (χ2v) is 8.06. The Balaban J connectivity index is 1.55. The maximum Gasteiger partial charge on any atom is 0.254 e. The van der Waals surface area contributed by atoms with E-state index in [1.165, 1.54) is 25.4 Å². The molecule has 2 aromatic heterocycles. The summed E-state index contributed by atoms with van der Waals surface area (Å²) in [6.07, 6.45) is 0.866. The van der Waals surface area contributed by atoms with E-state index in [0.29, 0.717) is 17.1 Å². The van der Waals surface area contributed by atoms with Gasteiger partial charge in [0.05, 0.1) is 17.0 Å². The number of carbonyl (C=O) groups is 1. The van der Waals surface area contributed by atoms with Crippen LogP contribution in [0.1, 0.15) is 34.5 Å². The first-order valence-electron chi connectivity index (χ1n) is 10.2. The summed E-state index contributed by atoms with van der Waals surface area (Å²) in [5.41, 5.74) is 1.20. The summed E-state index contributed by atoms with van der Waals surface area (Å²) in [7, 11) is 1.49. The van der Waals surface area contributed by atoms with Crippen LogP contribution in [0.2, 0.25) is 0 Å². The van der Waals surface area contributed by atoms with Gasteiger partial charge in [0.1, 0.15) is 23.6 Å². The number of amides is 1. The Kier molecular flexibility index (Phi) is 5.73. The van der Waals surface area contributed by atoms with E-state index in [0.717, 1.165) is 5.56 Å². The number of aromatic nitrogens is 3. The third-order valence-corrected chi connectivity index (χ3v) is 5.76. The van der Waals surface area contributed by atoms with Gasteiger partial charge >= 0.3 is 0 Å². The molecule has 32 heavy (non-hydrogen) atoms. The number of phenolic OH excluding ortho intramolecular Hbond substituents is 1. The van der Waals surface area contributed by atoms with Gasteiger partial charge < -0.3 is 15.7 Å². The molecule has 2 heterocycles. The highest BCUT2D eigenvalue weighted by molar-refractivity contribution is 5.99. The molecule has 9 heteroatoms. The largest absolute Gasteiger partial charge is 0.506 e. The van der Waals surface area contributed by atoms with Crippen LogP contribution in [0.25, 0.3) is 11.3 Å². The quantitative estimate of drug-likeness (QED) is 0.543. The maximum absolute atomic E-state index is 14.3. The molecule has 0 unspecified atom stereocenters. The van der Waals surface area contributed by atoms with Crippen molar-refractivity contribution in [2.24, 2.45) is 0 Å². The van der Waals surface area contributed by atoms with Crippen molar-refractivity contribution in [3.8, 4) is 17.0 Å². The molecule has 1 aliphatic carbocycles. The minimum Gasteiger partial charge on any atom is -0.506 e. The van der Waals surface area contributed by atoms with Crippen molar-refractivity contribution < 1.29 is 18.7 Å². The van der Waals surface area contributed by atoms with Crippen molar-refractivity contribution in [2.45, 2.75) is 31.4 Å². The summed E-state index contributed by atoms with van der Waals surface area (Å²) >= 11 is 0. The molecule has 3 aromatic rings. The van der Waals surface area contributed by atoms with Gasteiger partial charge in [0, 0.05) is 30.8 Å². The SMILES string of the molecule is CNC(=O)c1cc(C)cc(-c2ccc(NCC3(c4ncccc4F)CC(F)C3)nn2)c1O. The summed E-state index contributed by atoms with van der Waals surface area (Å²) in [6, 6.07) is 9.46. The fraction of sp³-hybridized carbons (Fsp3) is 0.304. The van der Waals surface area contributed by atoms with E-state index in [2.05, 4.69) is 25.8 Å². The molecule has 3 N–H and O–H groups in total. The molecule has 0 aliphatic heterocycles. The van der Waals surface area contributed by atoms with Crippen molar-refractivity contribution >= 4 is 11.7 Å². The van der Waals surface area contributed by atoms with Gasteiger partial charge in [-0.3, -0.25) is 9.78 Å². The zero-order valence-electron chi connectivity index (χ0n) is 17.7. The van der Waals surface area contributed by atoms with E-state index in [4.69, 9.17) is 0 Å². The summed E-state index contributed by atoms with van der Waals surface area (Å²) < 4.78 is 28.0. The average molecular weight is 439 g/mol. The number of aryl methyl sites for hydroxylation is 1. The van der Waals surface area contributed by atoms with E-state index >= 15 is 0 Å². The number of aromatic hydroxyl groups is 1. The van der Waals surface area contributed by atoms with Crippen molar-refractivity contribution in [3.63, 3.8) is 0 Å². The first-order valence-corrected chi connectivity index (χ1v) is 10.2. The van der Waals surface area contributed by atoms with Crippen LogP contribution in [0.4, 0.5) is 14.6 Å². The molecule has 0 atom stereocenters. The van der Waals surface area contributed by atoms with Crippen LogP contribution >= 0.6 is 0 Å². The van der Waals surface area contributed by atoms with Gasteiger partial charge in [0.25, 0.3) is 5.91 Å². The van der Waals surface area contributed by atoms with Crippen LogP contribution < -0.4 is 10.6 Å². The van der Waals surface area contributed by atoms with Crippen LogP contribution in [-0.2, 0) is 5.41 Å². The summed E-state index contributed by atoms with van der Waals surface area (Å²) in [6.45, 7) is 2.07. The lowest BCUT2D eigenvalue weighted by atomic mass is 9.65. The fourth-order valence-electron chi connectivity index (χ4n) is 4.10. The van der Waals surface area contributed by atoms with E-state index < -0.39 is 23.3 Å². The van der Waals surface area contributed by atoms with Gasteiger partial charge in [-0.25, -0.2) is 8.78 Å². The molecule has 1 saturated carbocycles. The fourth-order valence-corrected chi connectivity index (χ4v) is 4.10. The van der Waals surface area contributed by atoms with Crippen molar-refractivity contribution in [3.05, 3.63) is 65.2 Å². The Morgan fingerprint density at radius 1 is 1.25 bits per heavy atom. The number of halogens is 2. The third-order valence-electron chi connectivity index (χ3n) is 5.76. The molecule has 0 saturated heterocycles. The van der Waals surface area contributed by atoms with Crippen LogP contribution in [0.15, 0.2) is 42.6 Å². The molecule has 1 fully saturated rings. The third kappa shape index (κ3) is 3.98. The molecule has 4 rings (SSSR count). The van der Waals surface area contributed by atoms with E-state index in [1.54, 1.807) is 24.3 Å². The molecular weight excluding hydrogens is 416 g/mol. The zero-order chi connectivity index (χ0) is 22.9. The Labute approximate surface area is 183 Å². The first kappa shape index (κ1) is 21.6. The molecule has 1 aromatic carbocycles. The highest BCUT2D eigenvalue weighted by atomic mass is 19.1. The van der Waals surface area contributed by atoms with Crippen LogP contribution in [0.5, 0.6) is 5.75 Å². The van der Waals surface area contributed by atoms with E-state index in [-0.39, 0.29) is 36.4 Å². The van der Waals surface area contributed by atoms with E-state index in [1.807, 2.05) is 6.92 Å². The number of carbonyl (C=O) groups excluding carboxylic acids is 1. The maximum atomic E-state index is 14.3. The predicted octanol–water partition coefficient (Wildman–Crippen LogP) is 3.53. The minimum atomic E-state index is -0.995. The molecule has 1 aliphatic rings. The summed E-state index contributed by atoms with van der Waals surface area (Å²) in [4.78, 5) is 16.2. The lowest BCUT2D eigenvalue weighted by Crippen LogP contribution is -2.49. The zero-order valence-corrected chi connectivity index (χ0v) is 17.7. The highest BCUT2D eigenvalue weighted by Crippen LogP contribution is 2.45. The minimum absolute atomic E-state index is 0.150. The number of benzene rings is 1. The lowest BCUT2D eigenvalue weighted by molar-refractivity contribution is 0.0957. The Morgan fingerprint density at radius 2 is 2.03 bits per heavy atom. The van der Waals surface area contributed by atoms with Crippen LogP contribution in [-0.4, -0.2) is 46.0 Å². The van der Waals surface area contributed by atoms with Gasteiger partial charge in [-0.1, -0.05) is 0 Å². The van der Waals surface area contributed by atoms with E-state index in [9.17, 15) is 18.7 Å². The van der Waals surface area contributed by atoms with Crippen LogP contribution in [0.3, 0.4) is 0 Å². The number of pyridine rings is 1. The normalized spacial score (nSPS) is 19.8. The van der Waals surface area contributed by atoms with Crippen molar-refractivity contribution in [1.29, 1.82) is 0 Å². The number of phenols is 1. The number of hydrogen-bond donors (Lipinski definition) is 3. The first-order chi connectivity index (χ1) is 15.3. The monoisotopic (exact) mass is 439 g/mol. The topological polar surface area (TPSA) is 100 Å². The van der Waals surface area contributed by atoms with Gasteiger partial charge in [-0.2, -0.15) is 0 Å². The molecule has 166 valence electrons. The number of rotatable bonds is 6. The number of anilines is 1. The Bertz CT molecular complexity index is 1150. The molecule has 0 spiro atoms. The van der Waals surface area contributed by atoms with Gasteiger partial charge in [-0.15, -0.1) is 10.2 Å². The van der Waals surface area contributed by atoms with Gasteiger partial charge in [-0.05, 0) is 61.7 Å². The van der Waals surface area contributed by atoms with Crippen LogP contribution in [0, 0.1) is 12.7 Å². The second-order valence-electron chi connectivity index (χ2n) is 8.06. The van der Waals surface area contributed by atoms with Gasteiger partial charge in [0.15, 0.2) is 0 Å². The Morgan fingerprint density at radius 3 is 2.66 bits per heavy atom. The molecular formula is C23H23F2N5O2. The highest BCUT2D eigenvalue weighted by Gasteiger charge is 2.48. The number of hydrogen-bond acceptors (Lipinski definition) is 6. The average Bonchev–Trinajstić information content (AvgIpc) is 2.77. The Hall–Kier alpha value is -3.62. The predicted molar refractivity (Wildman–Crippen MR) is 116 cm³/mol. The molecule has 1 amide bonds. The molecule has 0 radical (unpaired) electrons. The van der Waals surface area contributed by atoms with Gasteiger partial charge in [0.2, 0.25) is 0 Å². The molecule has 0 bridgehead atoms. The smallest absolute Gasteiger partial charge is 0.254 e. The standard InChI is InChI=1S/C23H23F2N5O2/c1-13-8-15(20(31)16(9-13)22(32)26-2)18-5-6-19(30-29-18)28-12-23(10-14(24)11-23)21-17(25)4-3-7-27-21/h3-9,14,31H,10-12H2,1-2H3,(H,26,32)(H,28,30). The summed E-state index contributed by atoms with van der Waals surface area (Å²) in [5, 5.41) is 24.4. The number of alkyl halides is 1. The second kappa shape index (κ2) is 8.49.